The van der Waals surface area contributed by atoms with Crippen LogP contribution in [0.3, 0.4) is 0 Å². The Morgan fingerprint density at radius 2 is 1.12 bits per heavy atom. The molecule has 0 saturated heterocycles. The molecule has 4 unspecified atom stereocenters. The lowest BCUT2D eigenvalue weighted by Gasteiger charge is -2.18. The molecule has 16 heavy (non-hydrogen) atoms. The Bertz CT molecular complexity index is 233. The van der Waals surface area contributed by atoms with Crippen molar-refractivity contribution in [2.24, 2.45) is 0 Å². The van der Waals surface area contributed by atoms with Gasteiger partial charge in [0.05, 0.1) is 12.2 Å². The highest BCUT2D eigenvalue weighted by molar-refractivity contribution is 7.82. The van der Waals surface area contributed by atoms with Crippen LogP contribution in [0.5, 0.6) is 0 Å². The van der Waals surface area contributed by atoms with E-state index in [2.05, 4.69) is 25.3 Å². The average Bonchev–Trinajstić information content (AvgIpc) is 2.22. The van der Waals surface area contributed by atoms with E-state index in [9.17, 15) is 19.8 Å². The number of carboxylic acid groups (broad SMARTS) is 2. The molecular weight excluding hydrogens is 256 g/mol. The van der Waals surface area contributed by atoms with Gasteiger partial charge >= 0.3 is 11.9 Å². The van der Waals surface area contributed by atoms with Crippen molar-refractivity contribution in [2.45, 2.75) is 35.5 Å². The molecule has 0 bridgehead atoms. The maximum absolute atomic E-state index is 10.4. The number of hydrogen-bond acceptors (Lipinski definition) is 6. The predicted molar refractivity (Wildman–Crippen MR) is 62.1 cm³/mol. The monoisotopic (exact) mass is 270 g/mol. The van der Waals surface area contributed by atoms with Gasteiger partial charge in [0.15, 0.2) is 0 Å². The minimum atomic E-state index is -1.27. The van der Waals surface area contributed by atoms with Crippen LogP contribution >= 0.6 is 25.3 Å². The van der Waals surface area contributed by atoms with Gasteiger partial charge in [-0.25, -0.2) is 0 Å². The Morgan fingerprint density at radius 3 is 1.31 bits per heavy atom. The van der Waals surface area contributed by atoms with Gasteiger partial charge in [-0.05, 0) is 12.8 Å². The molecule has 0 aromatic heterocycles. The number of aliphatic hydroxyl groups excluding tert-OH is 2. The zero-order valence-corrected chi connectivity index (χ0v) is 10.0. The molecule has 0 aromatic rings. The minimum Gasteiger partial charge on any atom is -0.480 e. The van der Waals surface area contributed by atoms with Gasteiger partial charge in [0.2, 0.25) is 0 Å². The van der Waals surface area contributed by atoms with Crippen LogP contribution in [-0.2, 0) is 9.59 Å². The summed E-state index contributed by atoms with van der Waals surface area (Å²) in [7, 11) is 0. The highest BCUT2D eigenvalue weighted by atomic mass is 32.1. The molecule has 0 aromatic carbocycles. The number of aliphatic hydroxyl groups is 2. The minimum absolute atomic E-state index is 0.0635. The van der Waals surface area contributed by atoms with Crippen LogP contribution < -0.4 is 0 Å². The van der Waals surface area contributed by atoms with Gasteiger partial charge in [0.1, 0.15) is 10.5 Å². The van der Waals surface area contributed by atoms with Gasteiger partial charge in [-0.1, -0.05) is 0 Å². The van der Waals surface area contributed by atoms with E-state index in [1.54, 1.807) is 0 Å². The Balaban J connectivity index is 4.05. The molecule has 8 heteroatoms. The van der Waals surface area contributed by atoms with Crippen molar-refractivity contribution in [1.82, 2.24) is 0 Å². The zero-order chi connectivity index (χ0) is 12.9. The van der Waals surface area contributed by atoms with Crippen molar-refractivity contribution in [3.8, 4) is 0 Å². The lowest BCUT2D eigenvalue weighted by Crippen LogP contribution is -2.33. The van der Waals surface area contributed by atoms with Crippen LogP contribution in [0.15, 0.2) is 0 Å². The first-order valence-electron chi connectivity index (χ1n) is 4.45. The molecule has 0 saturated carbocycles. The van der Waals surface area contributed by atoms with Crippen LogP contribution in [0, 0.1) is 0 Å². The molecule has 4 N–H and O–H groups in total. The lowest BCUT2D eigenvalue weighted by molar-refractivity contribution is -0.140. The fourth-order valence-electron chi connectivity index (χ4n) is 0.986. The first-order valence-corrected chi connectivity index (χ1v) is 5.48. The zero-order valence-electron chi connectivity index (χ0n) is 8.22. The fraction of sp³-hybridized carbons (Fsp3) is 0.750. The van der Waals surface area contributed by atoms with E-state index >= 15 is 0 Å². The summed E-state index contributed by atoms with van der Waals surface area (Å²) in [5.41, 5.74) is 0. The van der Waals surface area contributed by atoms with Gasteiger partial charge in [0, 0.05) is 0 Å². The molecular formula is C8H14O6S2. The maximum Gasteiger partial charge on any atom is 0.319 e. The van der Waals surface area contributed by atoms with Crippen molar-refractivity contribution in [3.63, 3.8) is 0 Å². The molecule has 0 aliphatic rings. The highest BCUT2D eigenvalue weighted by Gasteiger charge is 2.26. The Morgan fingerprint density at radius 1 is 0.875 bits per heavy atom. The third-order valence-corrected chi connectivity index (χ3v) is 3.12. The van der Waals surface area contributed by atoms with E-state index in [-0.39, 0.29) is 12.8 Å². The number of thiol groups is 2. The fourth-order valence-corrected chi connectivity index (χ4v) is 1.28. The van der Waals surface area contributed by atoms with Crippen molar-refractivity contribution >= 4 is 37.2 Å². The number of carbonyl (C=O) groups is 2. The number of rotatable bonds is 7. The van der Waals surface area contributed by atoms with E-state index in [4.69, 9.17) is 10.2 Å². The second-order valence-corrected chi connectivity index (χ2v) is 4.39. The molecule has 4 atom stereocenters. The summed E-state index contributed by atoms with van der Waals surface area (Å²) in [5.74, 6) is -2.54. The molecule has 0 amide bonds. The van der Waals surface area contributed by atoms with Crippen LogP contribution in [-0.4, -0.2) is 55.1 Å². The first-order chi connectivity index (χ1) is 7.27. The lowest BCUT2D eigenvalue weighted by atomic mass is 10.1. The summed E-state index contributed by atoms with van der Waals surface area (Å²) in [6, 6.07) is 0. The average molecular weight is 270 g/mol. The van der Waals surface area contributed by atoms with E-state index in [0.717, 1.165) is 0 Å². The quantitative estimate of drug-likeness (QED) is 0.339. The number of aliphatic carboxylic acids is 2. The van der Waals surface area contributed by atoms with Crippen molar-refractivity contribution in [1.29, 1.82) is 0 Å². The second-order valence-electron chi connectivity index (χ2n) is 3.28. The first kappa shape index (κ1) is 15.6. The molecule has 0 rings (SSSR count). The predicted octanol–water partition coefficient (Wildman–Crippen LogP) is -0.746. The number of carboxylic acids is 2. The SMILES string of the molecule is O=C(O)C(S)C(O)CCC(O)C(S)C(=O)O. The number of hydrogen-bond donors (Lipinski definition) is 6. The summed E-state index contributed by atoms with van der Waals surface area (Å²) in [6.07, 6.45) is -2.62. The Kier molecular flexibility index (Phi) is 6.81. The third-order valence-electron chi connectivity index (χ3n) is 1.99. The van der Waals surface area contributed by atoms with Gasteiger partial charge < -0.3 is 20.4 Å². The molecule has 0 radical (unpaired) electrons. The third kappa shape index (κ3) is 5.06. The highest BCUT2D eigenvalue weighted by Crippen LogP contribution is 2.14. The molecule has 0 heterocycles. The van der Waals surface area contributed by atoms with Gasteiger partial charge in [-0.15, -0.1) is 0 Å². The molecule has 94 valence electrons. The Hall–Kier alpha value is -0.440. The van der Waals surface area contributed by atoms with Crippen LogP contribution in [0.25, 0.3) is 0 Å². The van der Waals surface area contributed by atoms with Crippen LogP contribution in [0.1, 0.15) is 12.8 Å². The maximum atomic E-state index is 10.4. The second kappa shape index (κ2) is 7.00. The van der Waals surface area contributed by atoms with Crippen LogP contribution in [0.4, 0.5) is 0 Å². The van der Waals surface area contributed by atoms with Crippen molar-refractivity contribution in [3.05, 3.63) is 0 Å². The van der Waals surface area contributed by atoms with Crippen LogP contribution in [0.2, 0.25) is 0 Å². The topological polar surface area (TPSA) is 115 Å². The summed E-state index contributed by atoms with van der Waals surface area (Å²) >= 11 is 7.30. The molecule has 0 aliphatic heterocycles. The normalized spacial score (nSPS) is 18.5. The molecule has 0 aliphatic carbocycles. The van der Waals surface area contributed by atoms with E-state index in [0.29, 0.717) is 0 Å². The van der Waals surface area contributed by atoms with Gasteiger partial charge in [-0.3, -0.25) is 9.59 Å². The summed E-state index contributed by atoms with van der Waals surface area (Å²) in [6.45, 7) is 0. The van der Waals surface area contributed by atoms with Crippen molar-refractivity contribution < 1.29 is 30.0 Å². The van der Waals surface area contributed by atoms with E-state index < -0.39 is 34.6 Å². The summed E-state index contributed by atoms with van der Waals surface area (Å²) in [4.78, 5) is 20.8. The Labute approximate surface area is 103 Å². The van der Waals surface area contributed by atoms with E-state index in [1.807, 2.05) is 0 Å². The molecule has 6 nitrogen and oxygen atoms in total. The van der Waals surface area contributed by atoms with E-state index in [1.165, 1.54) is 0 Å². The summed E-state index contributed by atoms with van der Waals surface area (Å²) < 4.78 is 0. The van der Waals surface area contributed by atoms with Crippen molar-refractivity contribution in [2.75, 3.05) is 0 Å². The van der Waals surface area contributed by atoms with Gasteiger partial charge in [0.25, 0.3) is 0 Å². The molecule has 0 fully saturated rings. The van der Waals surface area contributed by atoms with Gasteiger partial charge in [-0.2, -0.15) is 25.3 Å². The standard InChI is InChI=1S/C8H14O6S2/c9-3(5(15)7(11)12)1-2-4(10)6(16)8(13)14/h3-6,9-10,15-16H,1-2H2,(H,11,12)(H,13,14). The largest absolute Gasteiger partial charge is 0.480 e. The molecule has 0 spiro atoms. The smallest absolute Gasteiger partial charge is 0.319 e. The summed E-state index contributed by atoms with van der Waals surface area (Å²) in [5, 5.41) is 33.1.